The van der Waals surface area contributed by atoms with Gasteiger partial charge in [-0.15, -0.1) is 0 Å². The van der Waals surface area contributed by atoms with Crippen molar-refractivity contribution >= 4 is 11.8 Å². The third-order valence-corrected chi connectivity index (χ3v) is 5.17. The average molecular weight is 243 g/mol. The molecule has 0 spiro atoms. The van der Waals surface area contributed by atoms with Gasteiger partial charge in [-0.3, -0.25) is 0 Å². The summed E-state index contributed by atoms with van der Waals surface area (Å²) < 4.78 is 5.81. The molecule has 0 radical (unpaired) electrons. The number of hydrogen-bond acceptors (Lipinski definition) is 3. The molecule has 1 aliphatic carbocycles. The summed E-state index contributed by atoms with van der Waals surface area (Å²) in [5, 5.41) is 0.903. The molecule has 2 rings (SSSR count). The van der Waals surface area contributed by atoms with Gasteiger partial charge in [0.25, 0.3) is 0 Å². The molecule has 1 heterocycles. The highest BCUT2D eigenvalue weighted by Gasteiger charge is 2.28. The SMILES string of the molecule is CS[C@@H]1CC[C@@H](N(C)C[C@@H]2CCCCO2)C1. The summed E-state index contributed by atoms with van der Waals surface area (Å²) in [5.41, 5.74) is 0. The molecule has 94 valence electrons. The normalized spacial score (nSPS) is 35.8. The van der Waals surface area contributed by atoms with Crippen LogP contribution in [-0.4, -0.2) is 48.8 Å². The van der Waals surface area contributed by atoms with Crippen LogP contribution in [-0.2, 0) is 4.74 Å². The highest BCUT2D eigenvalue weighted by atomic mass is 32.2. The first kappa shape index (κ1) is 12.7. The number of likely N-dealkylation sites (N-methyl/N-ethyl adjacent to an activating group) is 1. The van der Waals surface area contributed by atoms with Crippen LogP contribution >= 0.6 is 11.8 Å². The van der Waals surface area contributed by atoms with Gasteiger partial charge in [0.05, 0.1) is 6.10 Å². The second-order valence-electron chi connectivity index (χ2n) is 5.25. The Balaban J connectivity index is 1.72. The number of rotatable bonds is 4. The van der Waals surface area contributed by atoms with Crippen LogP contribution < -0.4 is 0 Å². The van der Waals surface area contributed by atoms with Crippen molar-refractivity contribution in [2.75, 3.05) is 26.5 Å². The largest absolute Gasteiger partial charge is 0.377 e. The Morgan fingerprint density at radius 2 is 2.12 bits per heavy atom. The molecule has 1 aliphatic heterocycles. The second-order valence-corrected chi connectivity index (χ2v) is 6.39. The third-order valence-electron chi connectivity index (χ3n) is 4.08. The van der Waals surface area contributed by atoms with E-state index in [1.54, 1.807) is 0 Å². The van der Waals surface area contributed by atoms with E-state index in [2.05, 4.69) is 18.2 Å². The molecule has 1 saturated heterocycles. The number of hydrogen-bond donors (Lipinski definition) is 0. The van der Waals surface area contributed by atoms with E-state index in [0.29, 0.717) is 6.10 Å². The lowest BCUT2D eigenvalue weighted by Crippen LogP contribution is -2.38. The molecule has 0 bridgehead atoms. The van der Waals surface area contributed by atoms with Gasteiger partial charge in [-0.2, -0.15) is 11.8 Å². The van der Waals surface area contributed by atoms with Crippen molar-refractivity contribution in [3.8, 4) is 0 Å². The average Bonchev–Trinajstić information content (AvgIpc) is 2.79. The van der Waals surface area contributed by atoms with Crippen LogP contribution in [0.2, 0.25) is 0 Å². The van der Waals surface area contributed by atoms with Gasteiger partial charge in [0.2, 0.25) is 0 Å². The summed E-state index contributed by atoms with van der Waals surface area (Å²) >= 11 is 2.04. The van der Waals surface area contributed by atoms with Gasteiger partial charge in [-0.1, -0.05) is 0 Å². The molecule has 0 aromatic rings. The zero-order chi connectivity index (χ0) is 11.4. The number of ether oxygens (including phenoxy) is 1. The van der Waals surface area contributed by atoms with Gasteiger partial charge in [0.1, 0.15) is 0 Å². The van der Waals surface area contributed by atoms with E-state index in [9.17, 15) is 0 Å². The van der Waals surface area contributed by atoms with E-state index in [0.717, 1.165) is 24.4 Å². The van der Waals surface area contributed by atoms with Crippen LogP contribution in [0.25, 0.3) is 0 Å². The zero-order valence-electron chi connectivity index (χ0n) is 10.7. The minimum Gasteiger partial charge on any atom is -0.377 e. The van der Waals surface area contributed by atoms with Gasteiger partial charge < -0.3 is 9.64 Å². The first-order valence-electron chi connectivity index (χ1n) is 6.64. The molecule has 3 heteroatoms. The quantitative estimate of drug-likeness (QED) is 0.753. The summed E-state index contributed by atoms with van der Waals surface area (Å²) in [7, 11) is 2.28. The van der Waals surface area contributed by atoms with Crippen LogP contribution in [0.5, 0.6) is 0 Å². The molecule has 16 heavy (non-hydrogen) atoms. The molecule has 0 aromatic heterocycles. The lowest BCUT2D eigenvalue weighted by molar-refractivity contribution is -0.00766. The summed E-state index contributed by atoms with van der Waals surface area (Å²) in [4.78, 5) is 2.55. The van der Waals surface area contributed by atoms with E-state index in [1.165, 1.54) is 38.5 Å². The second kappa shape index (κ2) is 6.27. The Morgan fingerprint density at radius 1 is 1.25 bits per heavy atom. The summed E-state index contributed by atoms with van der Waals surface area (Å²) in [6.07, 6.45) is 10.8. The highest BCUT2D eigenvalue weighted by molar-refractivity contribution is 7.99. The number of nitrogens with zero attached hydrogens (tertiary/aromatic N) is 1. The van der Waals surface area contributed by atoms with E-state index in [-0.39, 0.29) is 0 Å². The number of thioether (sulfide) groups is 1. The zero-order valence-corrected chi connectivity index (χ0v) is 11.5. The molecule has 0 amide bonds. The molecular weight excluding hydrogens is 218 g/mol. The van der Waals surface area contributed by atoms with Crippen LogP contribution in [0, 0.1) is 0 Å². The molecule has 2 aliphatic rings. The molecule has 1 saturated carbocycles. The Kier molecular flexibility index (Phi) is 4.98. The van der Waals surface area contributed by atoms with Crippen LogP contribution in [0.15, 0.2) is 0 Å². The van der Waals surface area contributed by atoms with Crippen molar-refractivity contribution in [2.24, 2.45) is 0 Å². The van der Waals surface area contributed by atoms with Crippen molar-refractivity contribution in [2.45, 2.75) is 55.9 Å². The first-order chi connectivity index (χ1) is 7.79. The fraction of sp³-hybridized carbons (Fsp3) is 1.00. The van der Waals surface area contributed by atoms with Crippen molar-refractivity contribution in [3.05, 3.63) is 0 Å². The molecule has 3 atom stereocenters. The molecule has 0 aromatic carbocycles. The molecule has 0 unspecified atom stereocenters. The standard InChI is InChI=1S/C13H25NOS/c1-14(10-12-5-3-4-8-15-12)11-6-7-13(9-11)16-2/h11-13H,3-10H2,1-2H3/t11-,12+,13-/m1/s1. The molecule has 2 fully saturated rings. The molecular formula is C13H25NOS. The van der Waals surface area contributed by atoms with Crippen molar-refractivity contribution in [1.82, 2.24) is 4.90 Å². The highest BCUT2D eigenvalue weighted by Crippen LogP contribution is 2.31. The Hall–Kier alpha value is 0.270. The van der Waals surface area contributed by atoms with Crippen LogP contribution in [0.1, 0.15) is 38.5 Å². The predicted molar refractivity (Wildman–Crippen MR) is 71.2 cm³/mol. The fourth-order valence-corrected chi connectivity index (χ4v) is 3.74. The summed E-state index contributed by atoms with van der Waals surface area (Å²) in [5.74, 6) is 0. The minimum atomic E-state index is 0.507. The Morgan fingerprint density at radius 3 is 2.75 bits per heavy atom. The molecule has 0 N–H and O–H groups in total. The van der Waals surface area contributed by atoms with Gasteiger partial charge >= 0.3 is 0 Å². The fourth-order valence-electron chi connectivity index (χ4n) is 2.95. The Bertz CT molecular complexity index is 206. The van der Waals surface area contributed by atoms with Gasteiger partial charge in [0, 0.05) is 24.4 Å². The van der Waals surface area contributed by atoms with E-state index >= 15 is 0 Å². The van der Waals surface area contributed by atoms with E-state index < -0.39 is 0 Å². The van der Waals surface area contributed by atoms with Crippen molar-refractivity contribution in [1.29, 1.82) is 0 Å². The lowest BCUT2D eigenvalue weighted by atomic mass is 10.1. The van der Waals surface area contributed by atoms with E-state index in [1.807, 2.05) is 11.8 Å². The first-order valence-corrected chi connectivity index (χ1v) is 7.93. The topological polar surface area (TPSA) is 12.5 Å². The van der Waals surface area contributed by atoms with Crippen LogP contribution in [0.4, 0.5) is 0 Å². The van der Waals surface area contributed by atoms with Crippen LogP contribution in [0.3, 0.4) is 0 Å². The smallest absolute Gasteiger partial charge is 0.0702 e. The van der Waals surface area contributed by atoms with Gasteiger partial charge in [-0.25, -0.2) is 0 Å². The monoisotopic (exact) mass is 243 g/mol. The van der Waals surface area contributed by atoms with Gasteiger partial charge in [0.15, 0.2) is 0 Å². The lowest BCUT2D eigenvalue weighted by Gasteiger charge is -2.31. The van der Waals surface area contributed by atoms with Crippen molar-refractivity contribution < 1.29 is 4.74 Å². The maximum absolute atomic E-state index is 5.81. The summed E-state index contributed by atoms with van der Waals surface area (Å²) in [6.45, 7) is 2.13. The van der Waals surface area contributed by atoms with Crippen molar-refractivity contribution in [3.63, 3.8) is 0 Å². The maximum atomic E-state index is 5.81. The molecule has 2 nitrogen and oxygen atoms in total. The third kappa shape index (κ3) is 3.38. The van der Waals surface area contributed by atoms with E-state index in [4.69, 9.17) is 4.74 Å². The van der Waals surface area contributed by atoms with Gasteiger partial charge in [-0.05, 0) is 51.8 Å². The Labute approximate surface area is 104 Å². The minimum absolute atomic E-state index is 0.507. The predicted octanol–water partition coefficient (Wildman–Crippen LogP) is 2.77. The summed E-state index contributed by atoms with van der Waals surface area (Å²) in [6, 6.07) is 0.808. The maximum Gasteiger partial charge on any atom is 0.0702 e.